The molecule has 2 N–H and O–H groups in total. The number of hydrogen-bond acceptors (Lipinski definition) is 3. The van der Waals surface area contributed by atoms with Crippen molar-refractivity contribution in [2.24, 2.45) is 0 Å². The molecule has 0 aromatic heterocycles. The van der Waals surface area contributed by atoms with E-state index in [2.05, 4.69) is 10.0 Å². The smallest absolute Gasteiger partial charge is 0.253 e. The van der Waals surface area contributed by atoms with E-state index >= 15 is 0 Å². The number of carbonyl (C=O) groups excluding carboxylic acids is 1. The molecule has 0 saturated carbocycles. The van der Waals surface area contributed by atoms with E-state index in [0.717, 1.165) is 0 Å². The van der Waals surface area contributed by atoms with E-state index in [1.165, 1.54) is 7.05 Å². The van der Waals surface area contributed by atoms with Crippen molar-refractivity contribution in [2.75, 3.05) is 7.05 Å². The maximum atomic E-state index is 12.3. The van der Waals surface area contributed by atoms with Gasteiger partial charge in [-0.1, -0.05) is 53.5 Å². The fourth-order valence-electron chi connectivity index (χ4n) is 2.10. The van der Waals surface area contributed by atoms with Gasteiger partial charge in [-0.05, 0) is 30.3 Å². The van der Waals surface area contributed by atoms with Crippen molar-refractivity contribution in [3.63, 3.8) is 0 Å². The lowest BCUT2D eigenvalue weighted by Crippen LogP contribution is -2.25. The number of nitrogens with one attached hydrogen (secondary N) is 2. The van der Waals surface area contributed by atoms with Gasteiger partial charge in [0.2, 0.25) is 10.0 Å². The van der Waals surface area contributed by atoms with Gasteiger partial charge in [-0.2, -0.15) is 0 Å². The molecular formula is C16H16Cl2N2O3S. The van der Waals surface area contributed by atoms with Crippen LogP contribution in [0.5, 0.6) is 0 Å². The van der Waals surface area contributed by atoms with Crippen molar-refractivity contribution < 1.29 is 13.2 Å². The molecule has 5 nitrogen and oxygen atoms in total. The van der Waals surface area contributed by atoms with E-state index in [1.807, 2.05) is 0 Å². The summed E-state index contributed by atoms with van der Waals surface area (Å²) in [5.41, 5.74) is 1.59. The Balaban J connectivity index is 2.15. The van der Waals surface area contributed by atoms with Crippen molar-refractivity contribution in [1.29, 1.82) is 0 Å². The Morgan fingerprint density at radius 2 is 1.71 bits per heavy atom. The predicted octanol–water partition coefficient (Wildman–Crippen LogP) is 2.97. The lowest BCUT2D eigenvalue weighted by molar-refractivity contribution is 0.0951. The van der Waals surface area contributed by atoms with Gasteiger partial charge in [-0.15, -0.1) is 0 Å². The second-order valence-corrected chi connectivity index (χ2v) is 7.73. The summed E-state index contributed by atoms with van der Waals surface area (Å²) >= 11 is 11.9. The third kappa shape index (κ3) is 4.70. The van der Waals surface area contributed by atoms with Gasteiger partial charge in [0.25, 0.3) is 5.91 Å². The van der Waals surface area contributed by atoms with Gasteiger partial charge >= 0.3 is 0 Å². The molecule has 0 heterocycles. The topological polar surface area (TPSA) is 75.3 Å². The number of benzene rings is 2. The van der Waals surface area contributed by atoms with Gasteiger partial charge < -0.3 is 5.32 Å². The molecule has 24 heavy (non-hydrogen) atoms. The van der Waals surface area contributed by atoms with Crippen molar-refractivity contribution in [3.05, 3.63) is 69.2 Å². The molecule has 2 rings (SSSR count). The van der Waals surface area contributed by atoms with Gasteiger partial charge in [-0.25, -0.2) is 13.1 Å². The summed E-state index contributed by atoms with van der Waals surface area (Å²) in [5.74, 6) is -0.540. The quantitative estimate of drug-likeness (QED) is 0.800. The van der Waals surface area contributed by atoms with Gasteiger partial charge in [0, 0.05) is 6.54 Å². The van der Waals surface area contributed by atoms with Crippen LogP contribution in [0.3, 0.4) is 0 Å². The van der Waals surface area contributed by atoms with Crippen molar-refractivity contribution in [3.8, 4) is 0 Å². The highest BCUT2D eigenvalue weighted by Crippen LogP contribution is 2.25. The van der Waals surface area contributed by atoms with Crippen molar-refractivity contribution in [1.82, 2.24) is 10.0 Å². The van der Waals surface area contributed by atoms with Crippen molar-refractivity contribution in [2.45, 2.75) is 12.3 Å². The second-order valence-electron chi connectivity index (χ2n) is 5.02. The molecule has 2 aromatic carbocycles. The second kappa shape index (κ2) is 7.98. The van der Waals surface area contributed by atoms with Crippen LogP contribution in [0, 0.1) is 0 Å². The van der Waals surface area contributed by atoms with Crippen LogP contribution < -0.4 is 10.0 Å². The minimum atomic E-state index is -3.40. The van der Waals surface area contributed by atoms with Crippen LogP contribution >= 0.6 is 23.2 Å². The fourth-order valence-corrected chi connectivity index (χ4v) is 3.32. The minimum Gasteiger partial charge on any atom is -0.348 e. The summed E-state index contributed by atoms with van der Waals surface area (Å²) in [6, 6.07) is 11.8. The first-order chi connectivity index (χ1) is 11.3. The molecule has 0 aliphatic carbocycles. The van der Waals surface area contributed by atoms with E-state index in [9.17, 15) is 13.2 Å². The SMILES string of the molecule is CNS(=O)(=O)Cc1ccccc1CNC(=O)c1cccc(Cl)c1Cl. The lowest BCUT2D eigenvalue weighted by Gasteiger charge is -2.12. The number of hydrogen-bond donors (Lipinski definition) is 2. The highest BCUT2D eigenvalue weighted by atomic mass is 35.5. The normalized spacial score (nSPS) is 11.3. The predicted molar refractivity (Wildman–Crippen MR) is 95.8 cm³/mol. The molecule has 0 atom stereocenters. The molecule has 8 heteroatoms. The molecule has 2 aromatic rings. The van der Waals surface area contributed by atoms with Crippen molar-refractivity contribution >= 4 is 39.1 Å². The maximum Gasteiger partial charge on any atom is 0.253 e. The maximum absolute atomic E-state index is 12.3. The van der Waals surface area contributed by atoms with E-state index in [0.29, 0.717) is 16.1 Å². The van der Waals surface area contributed by atoms with Gasteiger partial charge in [0.15, 0.2) is 0 Å². The number of carbonyl (C=O) groups is 1. The highest BCUT2D eigenvalue weighted by Gasteiger charge is 2.15. The van der Waals surface area contributed by atoms with Crippen LogP contribution in [-0.2, 0) is 22.3 Å². The standard InChI is InChI=1S/C16H16Cl2N2O3S/c1-19-24(22,23)10-12-6-3-2-5-11(12)9-20-16(21)13-7-4-8-14(17)15(13)18/h2-8,19H,9-10H2,1H3,(H,20,21). The van der Waals surface area contributed by atoms with Crippen LogP contribution in [-0.4, -0.2) is 21.4 Å². The summed E-state index contributed by atoms with van der Waals surface area (Å²) < 4.78 is 25.7. The Bertz CT molecular complexity index is 854. The Morgan fingerprint density at radius 3 is 2.38 bits per heavy atom. The number of halogens is 2. The lowest BCUT2D eigenvalue weighted by atomic mass is 10.1. The van der Waals surface area contributed by atoms with Crippen LogP contribution in [0.1, 0.15) is 21.5 Å². The fraction of sp³-hybridized carbons (Fsp3) is 0.188. The molecule has 0 spiro atoms. The summed E-state index contributed by atoms with van der Waals surface area (Å²) in [7, 11) is -2.04. The minimum absolute atomic E-state index is 0.159. The average molecular weight is 387 g/mol. The number of sulfonamides is 1. The van der Waals surface area contributed by atoms with E-state index < -0.39 is 10.0 Å². The van der Waals surface area contributed by atoms with Crippen LogP contribution in [0.15, 0.2) is 42.5 Å². The molecule has 0 saturated heterocycles. The third-order valence-corrected chi connectivity index (χ3v) is 5.54. The number of rotatable bonds is 6. The molecule has 0 aliphatic rings. The first kappa shape index (κ1) is 18.7. The summed E-state index contributed by atoms with van der Waals surface area (Å²) in [6.07, 6.45) is 0. The first-order valence-electron chi connectivity index (χ1n) is 7.04. The Kier molecular flexibility index (Phi) is 6.23. The Morgan fingerprint density at radius 1 is 1.04 bits per heavy atom. The Labute approximate surface area is 151 Å². The third-order valence-electron chi connectivity index (χ3n) is 3.41. The summed E-state index contributed by atoms with van der Waals surface area (Å²) in [5, 5.41) is 3.21. The van der Waals surface area contributed by atoms with E-state index in [-0.39, 0.29) is 28.8 Å². The zero-order chi connectivity index (χ0) is 17.7. The zero-order valence-electron chi connectivity index (χ0n) is 12.8. The molecule has 0 bridgehead atoms. The molecule has 1 amide bonds. The average Bonchev–Trinajstić information content (AvgIpc) is 2.56. The van der Waals surface area contributed by atoms with Crippen LogP contribution in [0.4, 0.5) is 0 Å². The first-order valence-corrected chi connectivity index (χ1v) is 9.45. The monoisotopic (exact) mass is 386 g/mol. The van der Waals surface area contributed by atoms with Crippen LogP contribution in [0.25, 0.3) is 0 Å². The summed E-state index contributed by atoms with van der Waals surface area (Å²) in [4.78, 5) is 12.3. The number of amides is 1. The highest BCUT2D eigenvalue weighted by molar-refractivity contribution is 7.88. The van der Waals surface area contributed by atoms with E-state index in [4.69, 9.17) is 23.2 Å². The molecule has 0 unspecified atom stereocenters. The molecule has 0 fully saturated rings. The molecule has 0 aliphatic heterocycles. The van der Waals surface area contributed by atoms with Gasteiger partial charge in [0.1, 0.15) is 0 Å². The molecule has 0 radical (unpaired) electrons. The summed E-state index contributed by atoms with van der Waals surface area (Å²) in [6.45, 7) is 0.178. The molecule has 128 valence electrons. The largest absolute Gasteiger partial charge is 0.348 e. The molecular weight excluding hydrogens is 371 g/mol. The Hall–Kier alpha value is -1.60. The van der Waals surface area contributed by atoms with Gasteiger partial charge in [-0.3, -0.25) is 4.79 Å². The van der Waals surface area contributed by atoms with Crippen LogP contribution in [0.2, 0.25) is 10.0 Å². The van der Waals surface area contributed by atoms with Gasteiger partial charge in [0.05, 0.1) is 21.4 Å². The van der Waals surface area contributed by atoms with E-state index in [1.54, 1.807) is 42.5 Å². The zero-order valence-corrected chi connectivity index (χ0v) is 15.2.